The fraction of sp³-hybridized carbons (Fsp3) is 0.333. The van der Waals surface area contributed by atoms with Gasteiger partial charge in [0, 0.05) is 10.0 Å². The lowest BCUT2D eigenvalue weighted by atomic mass is 10.2. The Labute approximate surface area is 88.0 Å². The molecule has 1 aromatic carbocycles. The second-order valence-corrected chi connectivity index (χ2v) is 3.56. The summed E-state index contributed by atoms with van der Waals surface area (Å²) in [5.41, 5.74) is 0.272. The highest BCUT2D eigenvalue weighted by Crippen LogP contribution is 2.16. The fourth-order valence-electron chi connectivity index (χ4n) is 0.897. The summed E-state index contributed by atoms with van der Waals surface area (Å²) < 4.78 is 41.6. The van der Waals surface area contributed by atoms with Gasteiger partial charge in [0.25, 0.3) is 6.43 Å². The Morgan fingerprint density at radius 3 is 2.64 bits per heavy atom. The van der Waals surface area contributed by atoms with Crippen molar-refractivity contribution in [1.29, 1.82) is 0 Å². The van der Waals surface area contributed by atoms with E-state index in [2.05, 4.69) is 20.7 Å². The topological polar surface area (TPSA) is 9.23 Å². The Morgan fingerprint density at radius 2 is 2.07 bits per heavy atom. The number of benzene rings is 1. The summed E-state index contributed by atoms with van der Waals surface area (Å²) in [6, 6.07) is 4.39. The quantitative estimate of drug-likeness (QED) is 0.814. The maximum Gasteiger partial charge on any atom is 0.261 e. The van der Waals surface area contributed by atoms with E-state index in [9.17, 15) is 13.2 Å². The molecule has 0 bridgehead atoms. The summed E-state index contributed by atoms with van der Waals surface area (Å²) in [5.74, 6) is -0.464. The van der Waals surface area contributed by atoms with Crippen LogP contribution in [0.1, 0.15) is 5.56 Å². The molecule has 0 aliphatic carbocycles. The van der Waals surface area contributed by atoms with Crippen LogP contribution in [0.25, 0.3) is 0 Å². The lowest BCUT2D eigenvalue weighted by molar-refractivity contribution is 0.00901. The van der Waals surface area contributed by atoms with Crippen molar-refractivity contribution in [3.63, 3.8) is 0 Å². The normalized spacial score (nSPS) is 10.9. The zero-order chi connectivity index (χ0) is 10.6. The first-order valence-electron chi connectivity index (χ1n) is 3.89. The second kappa shape index (κ2) is 5.36. The molecule has 0 heterocycles. The molecule has 78 valence electrons. The van der Waals surface area contributed by atoms with E-state index in [0.717, 1.165) is 0 Å². The van der Waals surface area contributed by atoms with E-state index in [-0.39, 0.29) is 12.2 Å². The van der Waals surface area contributed by atoms with Crippen molar-refractivity contribution in [2.24, 2.45) is 0 Å². The van der Waals surface area contributed by atoms with Gasteiger partial charge < -0.3 is 4.74 Å². The predicted octanol–water partition coefficient (Wildman–Crippen LogP) is 3.37. The lowest BCUT2D eigenvalue weighted by Crippen LogP contribution is -2.05. The van der Waals surface area contributed by atoms with Gasteiger partial charge in [-0.25, -0.2) is 13.2 Å². The van der Waals surface area contributed by atoms with Crippen molar-refractivity contribution in [3.8, 4) is 0 Å². The van der Waals surface area contributed by atoms with E-state index < -0.39 is 18.8 Å². The number of rotatable bonds is 4. The molecule has 0 saturated heterocycles. The van der Waals surface area contributed by atoms with Crippen molar-refractivity contribution in [1.82, 2.24) is 0 Å². The van der Waals surface area contributed by atoms with Gasteiger partial charge in [0.2, 0.25) is 0 Å². The minimum absolute atomic E-state index is 0.135. The Balaban J connectivity index is 2.51. The maximum absolute atomic E-state index is 13.1. The molecule has 0 saturated carbocycles. The van der Waals surface area contributed by atoms with Crippen molar-refractivity contribution in [3.05, 3.63) is 34.1 Å². The van der Waals surface area contributed by atoms with Gasteiger partial charge in [-0.1, -0.05) is 22.0 Å². The highest BCUT2D eigenvalue weighted by Gasteiger charge is 2.05. The molecule has 0 aliphatic heterocycles. The molecule has 0 N–H and O–H groups in total. The molecule has 0 atom stereocenters. The molecular formula is C9H8BrF3O. The zero-order valence-electron chi connectivity index (χ0n) is 7.14. The maximum atomic E-state index is 13.1. The molecule has 1 rings (SSSR count). The van der Waals surface area contributed by atoms with Crippen LogP contribution < -0.4 is 0 Å². The molecule has 0 aliphatic rings. The van der Waals surface area contributed by atoms with E-state index in [0.29, 0.717) is 4.47 Å². The summed E-state index contributed by atoms with van der Waals surface area (Å²) in [5, 5.41) is 0. The summed E-state index contributed by atoms with van der Waals surface area (Å²) in [7, 11) is 0. The van der Waals surface area contributed by atoms with Crippen molar-refractivity contribution in [2.45, 2.75) is 13.0 Å². The number of hydrogen-bond donors (Lipinski definition) is 0. The van der Waals surface area contributed by atoms with Crippen LogP contribution in [-0.2, 0) is 11.3 Å². The molecule has 0 fully saturated rings. The van der Waals surface area contributed by atoms with E-state index in [1.165, 1.54) is 12.1 Å². The van der Waals surface area contributed by atoms with Crippen molar-refractivity contribution >= 4 is 15.9 Å². The highest BCUT2D eigenvalue weighted by molar-refractivity contribution is 9.10. The number of ether oxygens (including phenoxy) is 1. The summed E-state index contributed by atoms with van der Waals surface area (Å²) >= 11 is 3.09. The smallest absolute Gasteiger partial charge is 0.261 e. The average molecular weight is 269 g/mol. The van der Waals surface area contributed by atoms with Crippen LogP contribution in [0, 0.1) is 5.82 Å². The van der Waals surface area contributed by atoms with Crippen LogP contribution >= 0.6 is 15.9 Å². The molecule has 0 unspecified atom stereocenters. The third kappa shape index (κ3) is 3.67. The van der Waals surface area contributed by atoms with Gasteiger partial charge in [-0.2, -0.15) is 0 Å². The first kappa shape index (κ1) is 11.5. The average Bonchev–Trinajstić information content (AvgIpc) is 2.08. The van der Waals surface area contributed by atoms with Crippen LogP contribution in [0.2, 0.25) is 0 Å². The molecule has 1 aromatic rings. The summed E-state index contributed by atoms with van der Waals surface area (Å²) in [6.45, 7) is -0.807. The van der Waals surface area contributed by atoms with Crippen LogP contribution in [0.4, 0.5) is 13.2 Å². The molecule has 1 nitrogen and oxygen atoms in total. The third-order valence-electron chi connectivity index (χ3n) is 1.52. The number of alkyl halides is 2. The van der Waals surface area contributed by atoms with Gasteiger partial charge in [-0.05, 0) is 12.1 Å². The molecular weight excluding hydrogens is 261 g/mol. The van der Waals surface area contributed by atoms with Gasteiger partial charge >= 0.3 is 0 Å². The third-order valence-corrected chi connectivity index (χ3v) is 2.01. The Bertz CT molecular complexity index is 304. The monoisotopic (exact) mass is 268 g/mol. The van der Waals surface area contributed by atoms with E-state index in [1.54, 1.807) is 6.07 Å². The highest BCUT2D eigenvalue weighted by atomic mass is 79.9. The molecule has 14 heavy (non-hydrogen) atoms. The Morgan fingerprint density at radius 1 is 1.36 bits per heavy atom. The lowest BCUT2D eigenvalue weighted by Gasteiger charge is -2.04. The van der Waals surface area contributed by atoms with Crippen LogP contribution in [0.5, 0.6) is 0 Å². The van der Waals surface area contributed by atoms with Crippen molar-refractivity contribution in [2.75, 3.05) is 6.61 Å². The zero-order valence-corrected chi connectivity index (χ0v) is 8.73. The molecule has 0 aromatic heterocycles. The number of hydrogen-bond acceptors (Lipinski definition) is 1. The molecule has 0 amide bonds. The predicted molar refractivity (Wildman–Crippen MR) is 49.8 cm³/mol. The van der Waals surface area contributed by atoms with E-state index >= 15 is 0 Å². The minimum atomic E-state index is -2.52. The van der Waals surface area contributed by atoms with Gasteiger partial charge in [0.05, 0.1) is 6.61 Å². The largest absolute Gasteiger partial charge is 0.371 e. The molecule has 0 radical (unpaired) electrons. The summed E-state index contributed by atoms with van der Waals surface area (Å²) in [4.78, 5) is 0. The Hall–Kier alpha value is -0.550. The fourth-order valence-corrected chi connectivity index (χ4v) is 1.23. The van der Waals surface area contributed by atoms with E-state index in [1.807, 2.05) is 0 Å². The first-order valence-corrected chi connectivity index (χ1v) is 4.68. The van der Waals surface area contributed by atoms with E-state index in [4.69, 9.17) is 0 Å². The molecule has 5 heteroatoms. The number of halogens is 4. The van der Waals surface area contributed by atoms with Crippen molar-refractivity contribution < 1.29 is 17.9 Å². The first-order chi connectivity index (χ1) is 6.59. The Kier molecular flexibility index (Phi) is 4.41. The van der Waals surface area contributed by atoms with Gasteiger partial charge in [-0.15, -0.1) is 0 Å². The second-order valence-electron chi connectivity index (χ2n) is 2.64. The van der Waals surface area contributed by atoms with Crippen LogP contribution in [0.15, 0.2) is 22.7 Å². The SMILES string of the molecule is Fc1cc(Br)ccc1COCC(F)F. The van der Waals surface area contributed by atoms with Crippen LogP contribution in [-0.4, -0.2) is 13.0 Å². The van der Waals surface area contributed by atoms with Gasteiger partial charge in [0.15, 0.2) is 0 Å². The van der Waals surface area contributed by atoms with Crippen LogP contribution in [0.3, 0.4) is 0 Å². The standard InChI is InChI=1S/C9H8BrF3O/c10-7-2-1-6(8(11)3-7)4-14-5-9(12)13/h1-3,9H,4-5H2. The summed E-state index contributed by atoms with van der Waals surface area (Å²) in [6.07, 6.45) is -2.52. The van der Waals surface area contributed by atoms with Gasteiger partial charge in [0.1, 0.15) is 12.4 Å². The minimum Gasteiger partial charge on any atom is -0.371 e. The molecule has 0 spiro atoms. The van der Waals surface area contributed by atoms with Gasteiger partial charge in [-0.3, -0.25) is 0 Å².